The van der Waals surface area contributed by atoms with E-state index in [0.717, 1.165) is 37.3 Å². The molecule has 53 heteroatoms. The molecule has 0 radical (unpaired) electrons. The summed E-state index contributed by atoms with van der Waals surface area (Å²) >= 11 is 31.3. The molecule has 5 aliphatic rings. The van der Waals surface area contributed by atoms with Gasteiger partial charge in [0.2, 0.25) is 52.1 Å². The Morgan fingerprint density at radius 3 is 1.29 bits per heavy atom. The lowest BCUT2D eigenvalue weighted by molar-refractivity contribution is -0.0504. The molecule has 15 rings (SSSR count). The summed E-state index contributed by atoms with van der Waals surface area (Å²) in [6.07, 6.45) is -23.2. The molecule has 15 heterocycles. The molecule has 10 aromatic heterocycles. The number of ether oxygens (including phenoxy) is 5. The first-order valence-corrected chi connectivity index (χ1v) is 33.5. The SMILES string of the molecule is [2H]C([2H])(O)[C@H]1O[C@@H](n2cc(F)c3c(=O)[nH]c(N)nc32)C(F)(C#CCl)[C@H]1O.[2H]C([2H])(O)[C@H]1O[C@@H](n2ccc3c(=O)[nH]c(N)nc32)C(F)(C#CCl)[C@H]1O.[2H]C([2H])(O)[C@H]1O[C@@H](n2cnc3c(=O)[nH]c(N)nc32)C(F)(C#CCl)[C@H]1O.[2H]C([2H])(O)[C@H]1O[C@@H](n2cnc3c(=S)nc(N)[nH]c32)C(F)(C#CCl)[C@H]1O.[2H]C([2H])(O)[C@H]1O[C@@H](n2cnc3cnc(N)nc32)C(F)(C#CCl)[C@H]1O. The molecule has 0 aliphatic carbocycles. The minimum Gasteiger partial charge on any atom is -0.394 e. The third-order valence-electron chi connectivity index (χ3n) is 17.4. The molecule has 5 saturated heterocycles. The highest BCUT2D eigenvalue weighted by atomic mass is 35.5. The molecule has 5 fully saturated rings. The zero-order valence-corrected chi connectivity index (χ0v) is 60.7. The van der Waals surface area contributed by atoms with Crippen LogP contribution in [0.15, 0.2) is 58.0 Å². The van der Waals surface area contributed by atoms with Crippen LogP contribution in [0.3, 0.4) is 0 Å². The Labute approximate surface area is 678 Å². The Morgan fingerprint density at radius 2 is 0.835 bits per heavy atom. The molecule has 0 spiro atoms. The van der Waals surface area contributed by atoms with Gasteiger partial charge < -0.3 is 113 Å². The number of hydrogen-bond acceptors (Lipinski definition) is 33. The van der Waals surface area contributed by atoms with Crippen LogP contribution < -0.4 is 45.3 Å². The number of nitrogens with one attached hydrogen (secondary N) is 4. The molecule has 10 aromatic rings. The Morgan fingerprint density at radius 1 is 0.470 bits per heavy atom. The molecular weight excluding hydrogens is 1680 g/mol. The van der Waals surface area contributed by atoms with Crippen LogP contribution in [0, 0.1) is 67.0 Å². The number of imidazole rings is 3. The van der Waals surface area contributed by atoms with Crippen molar-refractivity contribution in [3.05, 3.63) is 85.2 Å². The fraction of sp³-hybridized carbons (Fsp3) is 0.403. The van der Waals surface area contributed by atoms with E-state index in [4.69, 9.17) is 136 Å². The quantitative estimate of drug-likeness (QED) is 0.0390. The number of aliphatic hydroxyl groups excluding tert-OH is 5. The number of halogens is 11. The van der Waals surface area contributed by atoms with Crippen LogP contribution in [-0.4, -0.2) is 261 Å². The van der Waals surface area contributed by atoms with Crippen molar-refractivity contribution in [3.8, 4) is 56.5 Å². The lowest BCUT2D eigenvalue weighted by Gasteiger charge is -2.24. The van der Waals surface area contributed by atoms with Crippen LogP contribution in [-0.2, 0) is 23.7 Å². The van der Waals surface area contributed by atoms with Gasteiger partial charge in [-0.2, -0.15) is 19.9 Å². The number of nitrogens with zero attached hydrogens (tertiary/aromatic N) is 14. The fourth-order valence-corrected chi connectivity index (χ4v) is 13.1. The second-order valence-corrected chi connectivity index (χ2v) is 25.3. The summed E-state index contributed by atoms with van der Waals surface area (Å²) < 4.78 is 195. The minimum atomic E-state index is -3.16. The maximum atomic E-state index is 15.4. The number of fused-ring (bicyclic) bond motifs is 5. The summed E-state index contributed by atoms with van der Waals surface area (Å²) in [5, 5.41) is 107. The van der Waals surface area contributed by atoms with Gasteiger partial charge in [0.05, 0.1) is 77.1 Å². The predicted octanol–water partition coefficient (Wildman–Crippen LogP) is -2.27. The smallest absolute Gasteiger partial charge is 0.280 e. The molecule has 20 atom stereocenters. The number of aliphatic hydroxyl groups is 10. The van der Waals surface area contributed by atoms with Crippen LogP contribution in [0.2, 0.25) is 0 Å². The zero-order chi connectivity index (χ0) is 92.8. The standard InChI is InChI=1S/C13H11ClF2N4O4.C13H12ClFN4O4.C12H11ClFN5O4.C12H11ClFN5O3S.C12H11ClFN5O3/c14-2-1-13(16)8(22)6(4-21)24-11(13)20-3-5(15)7-9(20)18-12(17)19-10(7)23;14-3-2-13(15)8(21)7(5-20)23-11(13)19-4-1-6-9(19)17-12(16)18-10(6)22;13-2-1-12(14)7(21)5(3-20)23-10(12)19-4-16-6-8(19)17-11(15)18-9(6)22;13-2-1-12(14)7(21)5(3-20)22-10(12)19-4-16-6-8(19)17-11(15)18-9(6)23;13-2-1-12(14)8(21)7(4-20)22-10(12)19-5-17-6-3-16-11(15)18-9(6)19/h3,6,8,11,21-22H,4H2,(H3,17,18,19,23);1,4,7-8,11,20-21H,5H2,(H3,16,17,18,22);4-5,7,10,20-21H,3H2,(H3,15,17,18,22);4-5,7,10,20-21H,3H2,(H3,15,17,18,23);3,5,7-8,10,20-21H,4H2,(H2,15,16,18)/t6-,8+,11-,13?;7-,8+,11-,13?;2*5-,7+,10-,12?;7-,8+,10-,12?/m11111/s1/i4D2;5D2;2*3D2;4D2. The molecule has 0 bridgehead atoms. The minimum absolute atomic E-state index is 0.0467. The Kier molecular flexibility index (Phi) is 21.4. The molecule has 5 unspecified atom stereocenters. The molecule has 0 aromatic carbocycles. The number of H-pyrrole nitrogens is 4. The number of aromatic nitrogens is 18. The molecule has 24 N–H and O–H groups in total. The van der Waals surface area contributed by atoms with Crippen molar-refractivity contribution in [2.75, 3.05) is 61.5 Å². The third-order valence-corrected chi connectivity index (χ3v) is 18.1. The molecule has 41 nitrogen and oxygen atoms in total. The van der Waals surface area contributed by atoms with Gasteiger partial charge in [-0.25, -0.2) is 51.3 Å². The van der Waals surface area contributed by atoms with E-state index in [2.05, 4.69) is 64.8 Å². The maximum absolute atomic E-state index is 15.4. The number of alkyl halides is 5. The van der Waals surface area contributed by atoms with Gasteiger partial charge in [0.25, 0.3) is 16.7 Å². The molecule has 610 valence electrons. The second kappa shape index (κ2) is 33.9. The van der Waals surface area contributed by atoms with E-state index in [1.54, 1.807) is 16.1 Å². The van der Waals surface area contributed by atoms with E-state index in [9.17, 15) is 69.8 Å². The highest BCUT2D eigenvalue weighted by molar-refractivity contribution is 7.71. The van der Waals surface area contributed by atoms with Gasteiger partial charge in [-0.15, -0.1) is 0 Å². The van der Waals surface area contributed by atoms with E-state index >= 15 is 22.0 Å². The summed E-state index contributed by atoms with van der Waals surface area (Å²) in [6.45, 7) is -15.4. The van der Waals surface area contributed by atoms with Crippen molar-refractivity contribution in [2.45, 2.75) is 121 Å². The largest absolute Gasteiger partial charge is 0.394 e. The average molecular weight is 1740 g/mol. The number of anilines is 5. The van der Waals surface area contributed by atoms with Crippen molar-refractivity contribution in [1.82, 2.24) is 87.6 Å². The van der Waals surface area contributed by atoms with Crippen molar-refractivity contribution in [3.63, 3.8) is 0 Å². The summed E-state index contributed by atoms with van der Waals surface area (Å²) in [6, 6.07) is 1.31. The van der Waals surface area contributed by atoms with E-state index in [1.165, 1.54) is 18.5 Å². The highest BCUT2D eigenvalue weighted by Crippen LogP contribution is 2.48. The zero-order valence-electron chi connectivity index (χ0n) is 66.2. The average Bonchev–Trinajstić information content (AvgIpc) is 1.60. The first-order valence-electron chi connectivity index (χ1n) is 36.2. The van der Waals surface area contributed by atoms with E-state index in [-0.39, 0.29) is 73.0 Å². The third kappa shape index (κ3) is 15.3. The first-order chi connectivity index (χ1) is 58.0. The molecular formula is C62H56Cl5F6N23O18S. The van der Waals surface area contributed by atoms with Gasteiger partial charge in [-0.1, -0.05) is 12.2 Å². The fourth-order valence-electron chi connectivity index (χ4n) is 12.1. The van der Waals surface area contributed by atoms with E-state index < -0.39 is 193 Å². The van der Waals surface area contributed by atoms with Gasteiger partial charge in [0.1, 0.15) is 83.1 Å². The maximum Gasteiger partial charge on any atom is 0.280 e. The number of rotatable bonds is 10. The first kappa shape index (κ1) is 72.4. The van der Waals surface area contributed by atoms with Gasteiger partial charge in [0.15, 0.2) is 75.7 Å². The summed E-state index contributed by atoms with van der Waals surface area (Å²) in [7, 11) is 0. The molecule has 115 heavy (non-hydrogen) atoms. The second-order valence-electron chi connectivity index (χ2n) is 23.9. The topological polar surface area (TPSA) is 634 Å². The van der Waals surface area contributed by atoms with Gasteiger partial charge in [-0.05, 0) is 93.7 Å². The number of hydrogen-bond donors (Lipinski definition) is 19. The van der Waals surface area contributed by atoms with E-state index in [1.807, 2.05) is 40.4 Å². The predicted molar refractivity (Wildman–Crippen MR) is 391 cm³/mol. The van der Waals surface area contributed by atoms with Crippen molar-refractivity contribution < 1.29 is 115 Å². The van der Waals surface area contributed by atoms with Crippen molar-refractivity contribution in [1.29, 1.82) is 0 Å². The molecule has 5 aliphatic heterocycles. The van der Waals surface area contributed by atoms with Crippen molar-refractivity contribution in [2.24, 2.45) is 0 Å². The van der Waals surface area contributed by atoms with Crippen molar-refractivity contribution >= 4 is 156 Å². The van der Waals surface area contributed by atoms with Gasteiger partial charge >= 0.3 is 0 Å². The van der Waals surface area contributed by atoms with Crippen LogP contribution in [0.1, 0.15) is 44.8 Å². The summed E-state index contributed by atoms with van der Waals surface area (Å²) in [5.74, 6) is 7.42. The van der Waals surface area contributed by atoms with Gasteiger partial charge in [0, 0.05) is 39.3 Å². The lowest BCUT2D eigenvalue weighted by Crippen LogP contribution is -2.42. The normalized spacial score (nSPS) is 32.3. The Bertz CT molecular complexity index is 6110. The number of aromatic amines is 4. The van der Waals surface area contributed by atoms with Crippen LogP contribution >= 0.6 is 70.2 Å². The monoisotopic (exact) mass is 1740 g/mol. The van der Waals surface area contributed by atoms with Crippen LogP contribution in [0.5, 0.6) is 0 Å². The Balaban J connectivity index is 0.000000152. The van der Waals surface area contributed by atoms with Crippen LogP contribution in [0.4, 0.5) is 56.1 Å². The van der Waals surface area contributed by atoms with E-state index in [0.29, 0.717) is 10.8 Å². The summed E-state index contributed by atoms with van der Waals surface area (Å²) in [4.78, 5) is 79.4. The summed E-state index contributed by atoms with van der Waals surface area (Å²) in [5.41, 5.74) is 10.5. The number of nitrogen functional groups attached to an aromatic ring is 5. The molecule has 0 amide bonds. The highest BCUT2D eigenvalue weighted by Gasteiger charge is 2.62. The lowest BCUT2D eigenvalue weighted by atomic mass is 9.97. The van der Waals surface area contributed by atoms with Gasteiger partial charge in [-0.3, -0.25) is 47.6 Å². The Hall–Kier alpha value is -10.3. The van der Waals surface area contributed by atoms with Crippen LogP contribution in [0.25, 0.3) is 55.6 Å². The number of nitrogens with two attached hydrogens (primary N) is 5. The molecule has 0 saturated carbocycles.